The van der Waals surface area contributed by atoms with Crippen molar-refractivity contribution in [3.05, 3.63) is 68.2 Å². The molecule has 2 aromatic carbocycles. The Morgan fingerprint density at radius 1 is 1.13 bits per heavy atom. The van der Waals surface area contributed by atoms with Crippen LogP contribution in [0.3, 0.4) is 0 Å². The monoisotopic (exact) mass is 466 g/mol. The highest BCUT2D eigenvalue weighted by Gasteiger charge is 2.14. The summed E-state index contributed by atoms with van der Waals surface area (Å²) in [5.41, 5.74) is 5.17. The van der Waals surface area contributed by atoms with Gasteiger partial charge in [0.25, 0.3) is 0 Å². The van der Waals surface area contributed by atoms with E-state index in [4.69, 9.17) is 44.9 Å². The molecule has 0 saturated carbocycles. The van der Waals surface area contributed by atoms with Crippen LogP contribution in [0.2, 0.25) is 10.0 Å². The second-order valence-electron chi connectivity index (χ2n) is 6.62. The van der Waals surface area contributed by atoms with Gasteiger partial charge in [-0.2, -0.15) is 5.10 Å². The molecule has 0 aliphatic heterocycles. The zero-order valence-corrected chi connectivity index (χ0v) is 19.2. The Labute approximate surface area is 191 Å². The molecule has 30 heavy (non-hydrogen) atoms. The first kappa shape index (κ1) is 22.5. The third-order valence-electron chi connectivity index (χ3n) is 4.30. The minimum atomic E-state index is 0.336. The van der Waals surface area contributed by atoms with Crippen molar-refractivity contribution in [1.82, 2.24) is 14.9 Å². The predicted octanol–water partition coefficient (Wildman–Crippen LogP) is 5.92. The molecule has 0 spiro atoms. The minimum absolute atomic E-state index is 0.336. The van der Waals surface area contributed by atoms with Crippen molar-refractivity contribution in [2.75, 3.05) is 12.0 Å². The van der Waals surface area contributed by atoms with E-state index in [2.05, 4.69) is 22.5 Å². The number of nitrogens with zero attached hydrogens (tertiary/aromatic N) is 2. The number of H-pyrrole nitrogens is 1. The van der Waals surface area contributed by atoms with Gasteiger partial charge in [-0.1, -0.05) is 42.3 Å². The molecule has 0 aliphatic rings. The Bertz CT molecular complexity index is 1050. The predicted molar refractivity (Wildman–Crippen MR) is 123 cm³/mol. The molecule has 6 nitrogen and oxygen atoms in total. The van der Waals surface area contributed by atoms with Gasteiger partial charge < -0.3 is 14.9 Å². The minimum Gasteiger partial charge on any atom is -0.490 e. The number of aromatic nitrogens is 3. The lowest BCUT2D eigenvalue weighted by atomic mass is 10.2. The highest BCUT2D eigenvalue weighted by Crippen LogP contribution is 2.37. The summed E-state index contributed by atoms with van der Waals surface area (Å²) < 4.78 is 14.1. The first-order valence-electron chi connectivity index (χ1n) is 9.74. The molecule has 0 unspecified atom stereocenters. The van der Waals surface area contributed by atoms with Crippen molar-refractivity contribution in [1.29, 1.82) is 0 Å². The number of ether oxygens (including phenoxy) is 2. The third kappa shape index (κ3) is 5.68. The van der Waals surface area contributed by atoms with Gasteiger partial charge in [0.15, 0.2) is 17.3 Å². The summed E-state index contributed by atoms with van der Waals surface area (Å²) in [7, 11) is 0. The number of nitrogens with one attached hydrogen (secondary N) is 2. The molecule has 0 amide bonds. The van der Waals surface area contributed by atoms with Gasteiger partial charge in [-0.05, 0) is 61.0 Å². The van der Waals surface area contributed by atoms with Gasteiger partial charge in [0, 0.05) is 11.4 Å². The summed E-state index contributed by atoms with van der Waals surface area (Å²) in [5, 5.41) is 8.22. The average molecular weight is 467 g/mol. The van der Waals surface area contributed by atoms with Crippen LogP contribution < -0.4 is 14.9 Å². The summed E-state index contributed by atoms with van der Waals surface area (Å²) in [6.45, 7) is 5.34. The number of hydrogen-bond acceptors (Lipinski definition) is 5. The van der Waals surface area contributed by atoms with Gasteiger partial charge in [-0.3, -0.25) is 5.10 Å². The van der Waals surface area contributed by atoms with Crippen molar-refractivity contribution in [3.8, 4) is 11.5 Å². The van der Waals surface area contributed by atoms with Crippen molar-refractivity contribution in [2.24, 2.45) is 0 Å². The third-order valence-corrected chi connectivity index (χ3v) is 5.09. The molecule has 1 heterocycles. The van der Waals surface area contributed by atoms with Gasteiger partial charge in [-0.15, -0.1) is 0 Å². The molecule has 9 heteroatoms. The SMILES string of the molecule is CCCc1n[nH]c(=S)n1NCc1cc(Cl)c(OCc2cccc(Cl)c2)c(OCC)c1. The van der Waals surface area contributed by atoms with Crippen LogP contribution in [-0.4, -0.2) is 21.5 Å². The number of benzene rings is 2. The van der Waals surface area contributed by atoms with Gasteiger partial charge in [0.05, 0.1) is 18.2 Å². The average Bonchev–Trinajstić information content (AvgIpc) is 3.06. The normalized spacial score (nSPS) is 10.8. The van der Waals surface area contributed by atoms with Crippen LogP contribution in [0.15, 0.2) is 36.4 Å². The lowest BCUT2D eigenvalue weighted by Gasteiger charge is -2.16. The van der Waals surface area contributed by atoms with Crippen molar-refractivity contribution < 1.29 is 9.47 Å². The van der Waals surface area contributed by atoms with E-state index in [1.165, 1.54) is 0 Å². The van der Waals surface area contributed by atoms with Gasteiger partial charge in [-0.25, -0.2) is 4.68 Å². The van der Waals surface area contributed by atoms with Gasteiger partial charge in [0.1, 0.15) is 6.61 Å². The van der Waals surface area contributed by atoms with E-state index in [1.54, 1.807) is 4.68 Å². The van der Waals surface area contributed by atoms with Crippen LogP contribution in [0.25, 0.3) is 0 Å². The Hall–Kier alpha value is -2.22. The van der Waals surface area contributed by atoms with E-state index in [0.717, 1.165) is 29.8 Å². The van der Waals surface area contributed by atoms with Gasteiger partial charge in [0.2, 0.25) is 4.77 Å². The van der Waals surface area contributed by atoms with E-state index in [0.29, 0.717) is 46.1 Å². The van der Waals surface area contributed by atoms with E-state index in [1.807, 2.05) is 43.3 Å². The number of rotatable bonds is 10. The Balaban J connectivity index is 1.77. The molecule has 1 aromatic heterocycles. The van der Waals surface area contributed by atoms with E-state index < -0.39 is 0 Å². The standard InChI is InChI=1S/C21H24Cl2N4O2S/c1-3-6-19-25-26-21(30)27(19)24-12-15-10-17(23)20(18(11-15)28-4-2)29-13-14-7-5-8-16(22)9-14/h5,7-11,24H,3-4,6,12-13H2,1-2H3,(H,26,30). The summed E-state index contributed by atoms with van der Waals surface area (Å²) >= 11 is 17.9. The van der Waals surface area contributed by atoms with Gasteiger partial charge >= 0.3 is 0 Å². The molecule has 0 saturated heterocycles. The highest BCUT2D eigenvalue weighted by molar-refractivity contribution is 7.71. The van der Waals surface area contributed by atoms with Crippen LogP contribution >= 0.6 is 35.4 Å². The van der Waals surface area contributed by atoms with Crippen molar-refractivity contribution in [2.45, 2.75) is 39.8 Å². The highest BCUT2D eigenvalue weighted by atomic mass is 35.5. The zero-order valence-electron chi connectivity index (χ0n) is 16.9. The molecule has 0 radical (unpaired) electrons. The molecule has 3 aromatic rings. The summed E-state index contributed by atoms with van der Waals surface area (Å²) in [5.74, 6) is 1.96. The molecule has 2 N–H and O–H groups in total. The van der Waals surface area contributed by atoms with Crippen molar-refractivity contribution in [3.63, 3.8) is 0 Å². The van der Waals surface area contributed by atoms with Crippen LogP contribution in [0.4, 0.5) is 0 Å². The largest absolute Gasteiger partial charge is 0.490 e. The second-order valence-corrected chi connectivity index (χ2v) is 7.85. The fourth-order valence-corrected chi connectivity index (χ4v) is 3.68. The number of halogens is 2. The molecule has 0 bridgehead atoms. The first-order chi connectivity index (χ1) is 14.5. The molecule has 0 aliphatic carbocycles. The fourth-order valence-electron chi connectivity index (χ4n) is 2.96. The Morgan fingerprint density at radius 2 is 1.97 bits per heavy atom. The Kier molecular flexibility index (Phi) is 8.01. The lowest BCUT2D eigenvalue weighted by Crippen LogP contribution is -2.17. The molecular formula is C21H24Cl2N4O2S. The van der Waals surface area contributed by atoms with E-state index in [9.17, 15) is 0 Å². The summed E-state index contributed by atoms with van der Waals surface area (Å²) in [6.07, 6.45) is 1.79. The van der Waals surface area contributed by atoms with Crippen molar-refractivity contribution >= 4 is 35.4 Å². The number of aryl methyl sites for hydroxylation is 1. The maximum atomic E-state index is 6.54. The second kappa shape index (κ2) is 10.7. The van der Waals surface area contributed by atoms with Crippen LogP contribution in [0.1, 0.15) is 37.2 Å². The molecule has 3 rings (SSSR count). The smallest absolute Gasteiger partial charge is 0.214 e. The van der Waals surface area contributed by atoms with E-state index in [-0.39, 0.29) is 0 Å². The quantitative estimate of drug-likeness (QED) is 0.363. The Morgan fingerprint density at radius 3 is 2.70 bits per heavy atom. The molecule has 0 fully saturated rings. The summed E-state index contributed by atoms with van der Waals surface area (Å²) in [6, 6.07) is 11.3. The maximum absolute atomic E-state index is 6.54. The van der Waals surface area contributed by atoms with E-state index >= 15 is 0 Å². The van der Waals surface area contributed by atoms with Crippen LogP contribution in [0, 0.1) is 4.77 Å². The molecule has 0 atom stereocenters. The molecule has 160 valence electrons. The number of hydrogen-bond donors (Lipinski definition) is 2. The van der Waals surface area contributed by atoms with Crippen LogP contribution in [0.5, 0.6) is 11.5 Å². The number of aromatic amines is 1. The zero-order chi connectivity index (χ0) is 21.5. The van der Waals surface area contributed by atoms with Crippen LogP contribution in [-0.2, 0) is 19.6 Å². The first-order valence-corrected chi connectivity index (χ1v) is 10.9. The lowest BCUT2D eigenvalue weighted by molar-refractivity contribution is 0.269. The fraction of sp³-hybridized carbons (Fsp3) is 0.333. The maximum Gasteiger partial charge on any atom is 0.214 e. The topological polar surface area (TPSA) is 64.1 Å². The summed E-state index contributed by atoms with van der Waals surface area (Å²) in [4.78, 5) is 0. The molecular weight excluding hydrogens is 443 g/mol.